The van der Waals surface area contributed by atoms with E-state index in [0.29, 0.717) is 55.4 Å². The van der Waals surface area contributed by atoms with Gasteiger partial charge in [0.1, 0.15) is 11.5 Å². The lowest BCUT2D eigenvalue weighted by Crippen LogP contribution is -2.53. The number of likely N-dealkylation sites (tertiary alicyclic amines) is 1. The summed E-state index contributed by atoms with van der Waals surface area (Å²) in [5.41, 5.74) is -0.539. The number of fused-ring (bicyclic) bond motifs is 2. The van der Waals surface area contributed by atoms with Gasteiger partial charge in [-0.25, -0.2) is 0 Å². The first-order valence-electron chi connectivity index (χ1n) is 11.5. The molecule has 5 rings (SSSR count). The Balaban J connectivity index is 1.68. The maximum Gasteiger partial charge on any atom is 0.296 e. The minimum Gasteiger partial charge on any atom is -0.507 e. The number of carbonyl (C=O) groups is 3. The molecule has 35 heavy (non-hydrogen) atoms. The number of likely N-dealkylation sites (N-methyl/N-ethyl adjacent to an activating group) is 1. The Labute approximate surface area is 203 Å². The Morgan fingerprint density at radius 2 is 1.71 bits per heavy atom. The number of benzene rings is 2. The lowest BCUT2D eigenvalue weighted by atomic mass is 9.82. The van der Waals surface area contributed by atoms with Gasteiger partial charge in [0.2, 0.25) is 0 Å². The summed E-state index contributed by atoms with van der Waals surface area (Å²) in [6.07, 6.45) is 0. The summed E-state index contributed by atoms with van der Waals surface area (Å²) in [6.45, 7) is 3.20. The van der Waals surface area contributed by atoms with Gasteiger partial charge >= 0.3 is 0 Å². The predicted molar refractivity (Wildman–Crippen MR) is 128 cm³/mol. The summed E-state index contributed by atoms with van der Waals surface area (Å²) in [4.78, 5) is 45.8. The molecule has 0 aliphatic carbocycles. The molecule has 2 amide bonds. The quantitative estimate of drug-likeness (QED) is 0.397. The Hall–Kier alpha value is -3.69. The van der Waals surface area contributed by atoms with Crippen LogP contribution in [0.2, 0.25) is 0 Å². The third kappa shape index (κ3) is 3.42. The normalized spacial score (nSPS) is 23.9. The van der Waals surface area contributed by atoms with E-state index in [1.807, 2.05) is 0 Å². The summed E-state index contributed by atoms with van der Waals surface area (Å²) < 4.78 is 10.6. The molecular formula is C26H27N3O6. The van der Waals surface area contributed by atoms with Crippen LogP contribution in [0.5, 0.6) is 5.75 Å². The highest BCUT2D eigenvalue weighted by Gasteiger charge is 2.66. The molecule has 0 radical (unpaired) electrons. The Bertz CT molecular complexity index is 1220. The summed E-state index contributed by atoms with van der Waals surface area (Å²) in [5, 5.41) is 11.4. The van der Waals surface area contributed by atoms with E-state index in [1.165, 1.54) is 16.9 Å². The predicted octanol–water partition coefficient (Wildman–Crippen LogP) is 1.58. The molecule has 3 aliphatic rings. The molecule has 1 atom stereocenters. The van der Waals surface area contributed by atoms with Gasteiger partial charge in [0.05, 0.1) is 25.9 Å². The summed E-state index contributed by atoms with van der Waals surface area (Å²) in [6, 6.07) is 13.6. The maximum absolute atomic E-state index is 14.0. The van der Waals surface area contributed by atoms with Crippen molar-refractivity contribution in [3.63, 3.8) is 0 Å². The van der Waals surface area contributed by atoms with E-state index in [2.05, 4.69) is 4.90 Å². The van der Waals surface area contributed by atoms with Gasteiger partial charge in [-0.3, -0.25) is 19.3 Å². The highest BCUT2D eigenvalue weighted by molar-refractivity contribution is 6.50. The molecule has 2 aromatic carbocycles. The number of methoxy groups -OCH3 is 1. The molecule has 182 valence electrons. The van der Waals surface area contributed by atoms with Crippen molar-refractivity contribution in [3.05, 3.63) is 65.2 Å². The topological polar surface area (TPSA) is 99.6 Å². The van der Waals surface area contributed by atoms with Gasteiger partial charge in [-0.2, -0.15) is 0 Å². The Morgan fingerprint density at radius 1 is 1.03 bits per heavy atom. The van der Waals surface area contributed by atoms with Crippen LogP contribution in [0.15, 0.2) is 54.1 Å². The fourth-order valence-electron chi connectivity index (χ4n) is 5.23. The fourth-order valence-corrected chi connectivity index (χ4v) is 5.23. The number of anilines is 1. The van der Waals surface area contributed by atoms with E-state index < -0.39 is 28.9 Å². The minimum absolute atomic E-state index is 0.151. The Kier molecular flexibility index (Phi) is 5.82. The molecule has 3 aliphatic heterocycles. The van der Waals surface area contributed by atoms with Gasteiger partial charge < -0.3 is 24.4 Å². The van der Waals surface area contributed by atoms with Crippen molar-refractivity contribution in [2.45, 2.75) is 5.54 Å². The van der Waals surface area contributed by atoms with Gasteiger partial charge in [-0.05, 0) is 30.3 Å². The molecule has 1 N–H and O–H groups in total. The lowest BCUT2D eigenvalue weighted by molar-refractivity contribution is -0.144. The van der Waals surface area contributed by atoms with Gasteiger partial charge in [0, 0.05) is 50.0 Å². The smallest absolute Gasteiger partial charge is 0.296 e. The molecule has 1 spiro atoms. The first-order valence-corrected chi connectivity index (χ1v) is 11.5. The van der Waals surface area contributed by atoms with E-state index in [9.17, 15) is 19.5 Å². The van der Waals surface area contributed by atoms with Gasteiger partial charge in [-0.1, -0.05) is 18.2 Å². The lowest BCUT2D eigenvalue weighted by Gasteiger charge is -2.36. The van der Waals surface area contributed by atoms with Crippen LogP contribution in [0, 0.1) is 0 Å². The zero-order chi connectivity index (χ0) is 24.7. The van der Waals surface area contributed by atoms with Gasteiger partial charge in [0.25, 0.3) is 17.6 Å². The van der Waals surface area contributed by atoms with Gasteiger partial charge in [0.15, 0.2) is 5.54 Å². The van der Waals surface area contributed by atoms with Crippen LogP contribution in [-0.2, 0) is 24.7 Å². The van der Waals surface area contributed by atoms with Crippen LogP contribution in [0.25, 0.3) is 5.76 Å². The van der Waals surface area contributed by atoms with Crippen molar-refractivity contribution in [1.82, 2.24) is 9.80 Å². The number of hydrogen-bond donors (Lipinski definition) is 1. The number of hydrogen-bond acceptors (Lipinski definition) is 7. The first kappa shape index (κ1) is 23.1. The molecule has 9 heteroatoms. The number of carbonyl (C=O) groups excluding carboxylic acids is 3. The second-order valence-corrected chi connectivity index (χ2v) is 8.78. The van der Waals surface area contributed by atoms with Crippen molar-refractivity contribution < 1.29 is 29.0 Å². The number of aliphatic hydroxyl groups is 1. The third-order valence-corrected chi connectivity index (χ3v) is 7.05. The maximum atomic E-state index is 14.0. The second-order valence-electron chi connectivity index (χ2n) is 8.78. The standard InChI is InChI=1S/C26H27N3O6/c1-27-20-6-4-3-5-19(20)26(25(27)33)21(22(30)17-7-9-18(34-2)10-8-17)23(31)24(32)29(26)12-11-28-13-15-35-16-14-28/h3-10,30H,11-16H2,1-2H3/b22-21+. The highest BCUT2D eigenvalue weighted by atomic mass is 16.5. The SMILES string of the molecule is COc1ccc(/C(O)=C2/C(=O)C(=O)N(CCN3CCOCC3)C23C(=O)N(C)c2ccccc23)cc1. The van der Waals surface area contributed by atoms with E-state index in [0.717, 1.165) is 0 Å². The van der Waals surface area contributed by atoms with E-state index >= 15 is 0 Å². The number of aliphatic hydroxyl groups excluding tert-OH is 1. The molecule has 2 aromatic rings. The summed E-state index contributed by atoms with van der Waals surface area (Å²) in [5.74, 6) is -1.94. The van der Waals surface area contributed by atoms with Crippen molar-refractivity contribution in [2.24, 2.45) is 0 Å². The average Bonchev–Trinajstić information content (AvgIpc) is 3.26. The molecule has 1 unspecified atom stereocenters. The van der Waals surface area contributed by atoms with Gasteiger partial charge in [-0.15, -0.1) is 0 Å². The van der Waals surface area contributed by atoms with Crippen molar-refractivity contribution in [1.29, 1.82) is 0 Å². The largest absolute Gasteiger partial charge is 0.507 e. The zero-order valence-electron chi connectivity index (χ0n) is 19.7. The molecule has 0 bridgehead atoms. The minimum atomic E-state index is -1.74. The molecule has 2 fully saturated rings. The van der Waals surface area contributed by atoms with Crippen molar-refractivity contribution >= 4 is 29.0 Å². The fraction of sp³-hybridized carbons (Fsp3) is 0.346. The van der Waals surface area contributed by atoms with E-state index in [-0.39, 0.29) is 12.1 Å². The second kappa shape index (κ2) is 8.83. The zero-order valence-corrected chi connectivity index (χ0v) is 19.7. The number of para-hydroxylation sites is 1. The molecule has 0 aromatic heterocycles. The number of nitrogens with zero attached hydrogens (tertiary/aromatic N) is 3. The highest BCUT2D eigenvalue weighted by Crippen LogP contribution is 2.53. The van der Waals surface area contributed by atoms with Crippen LogP contribution < -0.4 is 9.64 Å². The molecule has 0 saturated carbocycles. The van der Waals surface area contributed by atoms with Crippen LogP contribution >= 0.6 is 0 Å². The number of ether oxygens (including phenoxy) is 2. The summed E-state index contributed by atoms with van der Waals surface area (Å²) in [7, 11) is 3.14. The molecule has 9 nitrogen and oxygen atoms in total. The van der Waals surface area contributed by atoms with Crippen LogP contribution in [0.1, 0.15) is 11.1 Å². The number of amides is 2. The van der Waals surface area contributed by atoms with E-state index in [4.69, 9.17) is 9.47 Å². The number of rotatable bonds is 5. The van der Waals surface area contributed by atoms with Crippen LogP contribution in [0.3, 0.4) is 0 Å². The first-order chi connectivity index (χ1) is 16.9. The van der Waals surface area contributed by atoms with Crippen molar-refractivity contribution in [2.75, 3.05) is 58.5 Å². The van der Waals surface area contributed by atoms with Crippen LogP contribution in [0.4, 0.5) is 5.69 Å². The average molecular weight is 478 g/mol. The third-order valence-electron chi connectivity index (χ3n) is 7.05. The number of Topliss-reactive ketones (excluding diaryl/α,β-unsaturated/α-hetero) is 1. The molecule has 2 saturated heterocycles. The molecular weight excluding hydrogens is 450 g/mol. The Morgan fingerprint density at radius 3 is 2.40 bits per heavy atom. The molecule has 3 heterocycles. The van der Waals surface area contributed by atoms with Crippen LogP contribution in [-0.4, -0.2) is 86.1 Å². The summed E-state index contributed by atoms with van der Waals surface area (Å²) >= 11 is 0. The number of ketones is 1. The monoisotopic (exact) mass is 477 g/mol. The van der Waals surface area contributed by atoms with Crippen molar-refractivity contribution in [3.8, 4) is 5.75 Å². The van der Waals surface area contributed by atoms with E-state index in [1.54, 1.807) is 55.6 Å². The number of morpholine rings is 1.